The van der Waals surface area contributed by atoms with Crippen LogP contribution >= 0.6 is 0 Å². The molecule has 0 saturated carbocycles. The number of benzene rings is 1. The average Bonchev–Trinajstić information content (AvgIpc) is 2.37. The SMILES string of the molecule is CCC(C)(CN)C(O)c1ccc(C(C)C)cc1. The summed E-state index contributed by atoms with van der Waals surface area (Å²) in [4.78, 5) is 0. The van der Waals surface area contributed by atoms with Gasteiger partial charge in [-0.1, -0.05) is 52.0 Å². The van der Waals surface area contributed by atoms with E-state index in [2.05, 4.69) is 32.9 Å². The van der Waals surface area contributed by atoms with Gasteiger partial charge in [-0.3, -0.25) is 0 Å². The van der Waals surface area contributed by atoms with Gasteiger partial charge in [0, 0.05) is 12.0 Å². The van der Waals surface area contributed by atoms with Crippen LogP contribution in [0.4, 0.5) is 0 Å². The average molecular weight is 235 g/mol. The Bertz CT molecular complexity index is 338. The highest BCUT2D eigenvalue weighted by Crippen LogP contribution is 2.36. The van der Waals surface area contributed by atoms with Crippen molar-refractivity contribution in [2.45, 2.75) is 46.1 Å². The van der Waals surface area contributed by atoms with Crippen LogP contribution < -0.4 is 5.73 Å². The van der Waals surface area contributed by atoms with E-state index >= 15 is 0 Å². The molecule has 1 rings (SSSR count). The van der Waals surface area contributed by atoms with Crippen molar-refractivity contribution in [1.82, 2.24) is 0 Å². The Morgan fingerprint density at radius 1 is 1.18 bits per heavy atom. The summed E-state index contributed by atoms with van der Waals surface area (Å²) in [6.45, 7) is 8.94. The first kappa shape index (κ1) is 14.2. The van der Waals surface area contributed by atoms with E-state index in [1.807, 2.05) is 19.1 Å². The molecule has 0 saturated heterocycles. The van der Waals surface area contributed by atoms with Gasteiger partial charge in [-0.05, 0) is 23.5 Å². The van der Waals surface area contributed by atoms with Crippen molar-refractivity contribution in [3.8, 4) is 0 Å². The van der Waals surface area contributed by atoms with E-state index in [0.717, 1.165) is 12.0 Å². The molecule has 96 valence electrons. The Balaban J connectivity index is 2.93. The van der Waals surface area contributed by atoms with E-state index in [4.69, 9.17) is 5.73 Å². The lowest BCUT2D eigenvalue weighted by molar-refractivity contribution is 0.0391. The van der Waals surface area contributed by atoms with Gasteiger partial charge in [0.15, 0.2) is 0 Å². The lowest BCUT2D eigenvalue weighted by Gasteiger charge is -2.32. The Morgan fingerprint density at radius 2 is 1.65 bits per heavy atom. The second kappa shape index (κ2) is 5.65. The van der Waals surface area contributed by atoms with Crippen LogP contribution in [0.1, 0.15) is 57.3 Å². The molecule has 0 aliphatic rings. The van der Waals surface area contributed by atoms with Crippen LogP contribution in [0.2, 0.25) is 0 Å². The molecule has 2 unspecified atom stereocenters. The molecule has 1 aromatic rings. The summed E-state index contributed by atoms with van der Waals surface area (Å²) in [6, 6.07) is 8.22. The molecule has 0 spiro atoms. The fraction of sp³-hybridized carbons (Fsp3) is 0.600. The number of aliphatic hydroxyl groups is 1. The van der Waals surface area contributed by atoms with Crippen molar-refractivity contribution in [3.63, 3.8) is 0 Å². The second-order valence-electron chi connectivity index (χ2n) is 5.44. The molecule has 0 amide bonds. The summed E-state index contributed by atoms with van der Waals surface area (Å²) in [7, 11) is 0. The van der Waals surface area contributed by atoms with Crippen molar-refractivity contribution in [2.75, 3.05) is 6.54 Å². The number of hydrogen-bond acceptors (Lipinski definition) is 2. The highest BCUT2D eigenvalue weighted by molar-refractivity contribution is 5.27. The maximum atomic E-state index is 10.4. The van der Waals surface area contributed by atoms with Gasteiger partial charge in [0.25, 0.3) is 0 Å². The highest BCUT2D eigenvalue weighted by Gasteiger charge is 2.30. The Labute approximate surface area is 105 Å². The van der Waals surface area contributed by atoms with Gasteiger partial charge >= 0.3 is 0 Å². The first-order valence-electron chi connectivity index (χ1n) is 6.42. The number of hydrogen-bond donors (Lipinski definition) is 2. The quantitative estimate of drug-likeness (QED) is 0.823. The lowest BCUT2D eigenvalue weighted by Crippen LogP contribution is -2.33. The monoisotopic (exact) mass is 235 g/mol. The van der Waals surface area contributed by atoms with Crippen LogP contribution in [-0.4, -0.2) is 11.7 Å². The van der Waals surface area contributed by atoms with Gasteiger partial charge in [-0.15, -0.1) is 0 Å². The van der Waals surface area contributed by atoms with E-state index in [0.29, 0.717) is 12.5 Å². The molecule has 2 heteroatoms. The summed E-state index contributed by atoms with van der Waals surface area (Å²) in [5.74, 6) is 0.522. The van der Waals surface area contributed by atoms with Crippen LogP contribution in [0.25, 0.3) is 0 Å². The van der Waals surface area contributed by atoms with E-state index in [1.165, 1.54) is 5.56 Å². The van der Waals surface area contributed by atoms with Crippen molar-refractivity contribution < 1.29 is 5.11 Å². The molecule has 0 aromatic heterocycles. The summed E-state index contributed by atoms with van der Waals surface area (Å²) >= 11 is 0. The van der Waals surface area contributed by atoms with Crippen LogP contribution in [-0.2, 0) is 0 Å². The Morgan fingerprint density at radius 3 is 2.00 bits per heavy atom. The number of rotatable bonds is 5. The van der Waals surface area contributed by atoms with Crippen LogP contribution in [0.5, 0.6) is 0 Å². The molecule has 1 aromatic carbocycles. The van der Waals surface area contributed by atoms with Crippen LogP contribution in [0.3, 0.4) is 0 Å². The van der Waals surface area contributed by atoms with Gasteiger partial charge in [-0.25, -0.2) is 0 Å². The minimum atomic E-state index is -0.487. The Hall–Kier alpha value is -0.860. The first-order chi connectivity index (χ1) is 7.94. The predicted molar refractivity (Wildman–Crippen MR) is 72.9 cm³/mol. The van der Waals surface area contributed by atoms with Crippen molar-refractivity contribution >= 4 is 0 Å². The minimum Gasteiger partial charge on any atom is -0.388 e. The molecule has 0 fully saturated rings. The molecule has 0 aliphatic carbocycles. The van der Waals surface area contributed by atoms with Crippen molar-refractivity contribution in [1.29, 1.82) is 0 Å². The van der Waals surface area contributed by atoms with E-state index < -0.39 is 6.10 Å². The van der Waals surface area contributed by atoms with E-state index in [1.54, 1.807) is 0 Å². The maximum absolute atomic E-state index is 10.4. The first-order valence-corrected chi connectivity index (χ1v) is 6.42. The maximum Gasteiger partial charge on any atom is 0.0855 e. The fourth-order valence-corrected chi connectivity index (χ4v) is 1.91. The van der Waals surface area contributed by atoms with Gasteiger partial charge in [-0.2, -0.15) is 0 Å². The van der Waals surface area contributed by atoms with Crippen LogP contribution in [0, 0.1) is 5.41 Å². The molecule has 2 atom stereocenters. The summed E-state index contributed by atoms with van der Waals surface area (Å²) in [5.41, 5.74) is 7.80. The lowest BCUT2D eigenvalue weighted by atomic mass is 9.78. The molecule has 3 N–H and O–H groups in total. The van der Waals surface area contributed by atoms with Gasteiger partial charge < -0.3 is 10.8 Å². The number of aliphatic hydroxyl groups excluding tert-OH is 1. The van der Waals surface area contributed by atoms with Gasteiger partial charge in [0.05, 0.1) is 6.10 Å². The smallest absolute Gasteiger partial charge is 0.0855 e. The standard InChI is InChI=1S/C15H25NO/c1-5-15(4,10-16)14(17)13-8-6-12(7-9-13)11(2)3/h6-9,11,14,17H,5,10,16H2,1-4H3. The van der Waals surface area contributed by atoms with Crippen molar-refractivity contribution in [3.05, 3.63) is 35.4 Å². The van der Waals surface area contributed by atoms with Crippen LogP contribution in [0.15, 0.2) is 24.3 Å². The molecule has 0 radical (unpaired) electrons. The zero-order valence-electron chi connectivity index (χ0n) is 11.4. The molecule has 0 heterocycles. The molecular formula is C15H25NO. The minimum absolute atomic E-state index is 0.237. The fourth-order valence-electron chi connectivity index (χ4n) is 1.91. The predicted octanol–water partition coefficient (Wildman–Crippen LogP) is 3.22. The Kier molecular flexibility index (Phi) is 4.72. The zero-order valence-corrected chi connectivity index (χ0v) is 11.4. The third-order valence-electron chi connectivity index (χ3n) is 3.85. The summed E-state index contributed by atoms with van der Waals surface area (Å²) in [6.07, 6.45) is 0.384. The highest BCUT2D eigenvalue weighted by atomic mass is 16.3. The molecule has 2 nitrogen and oxygen atoms in total. The van der Waals surface area contributed by atoms with E-state index in [-0.39, 0.29) is 5.41 Å². The third-order valence-corrected chi connectivity index (χ3v) is 3.85. The second-order valence-corrected chi connectivity index (χ2v) is 5.44. The summed E-state index contributed by atoms with van der Waals surface area (Å²) in [5, 5.41) is 10.4. The molecule has 0 bridgehead atoms. The normalized spacial score (nSPS) is 16.9. The molecular weight excluding hydrogens is 210 g/mol. The summed E-state index contributed by atoms with van der Waals surface area (Å²) < 4.78 is 0. The van der Waals surface area contributed by atoms with E-state index in [9.17, 15) is 5.11 Å². The zero-order chi connectivity index (χ0) is 13.1. The molecule has 17 heavy (non-hydrogen) atoms. The van der Waals surface area contributed by atoms with Crippen molar-refractivity contribution in [2.24, 2.45) is 11.1 Å². The van der Waals surface area contributed by atoms with Gasteiger partial charge in [0.1, 0.15) is 0 Å². The number of nitrogens with two attached hydrogens (primary N) is 1. The third kappa shape index (κ3) is 3.08. The van der Waals surface area contributed by atoms with Gasteiger partial charge in [0.2, 0.25) is 0 Å². The molecule has 0 aliphatic heterocycles. The topological polar surface area (TPSA) is 46.2 Å². The largest absolute Gasteiger partial charge is 0.388 e.